The second kappa shape index (κ2) is 6.53. The van der Waals surface area contributed by atoms with Gasteiger partial charge in [0.2, 0.25) is 0 Å². The van der Waals surface area contributed by atoms with E-state index in [4.69, 9.17) is 0 Å². The van der Waals surface area contributed by atoms with Gasteiger partial charge in [0.15, 0.2) is 0 Å². The van der Waals surface area contributed by atoms with Crippen LogP contribution in [0, 0.1) is 0 Å². The number of benzene rings is 3. The lowest BCUT2D eigenvalue weighted by Crippen LogP contribution is -2.20. The van der Waals surface area contributed by atoms with Crippen molar-refractivity contribution in [2.24, 2.45) is 0 Å². The normalized spacial score (nSPS) is 11.7. The molecule has 1 nitrogen and oxygen atoms in total. The van der Waals surface area contributed by atoms with Crippen molar-refractivity contribution in [3.63, 3.8) is 0 Å². The topological polar surface area (TPSA) is 20.2 Å². The fourth-order valence-corrected chi connectivity index (χ4v) is 2.78. The third-order valence-electron chi connectivity index (χ3n) is 4.25. The summed E-state index contributed by atoms with van der Waals surface area (Å²) in [6.45, 7) is 2.23. The van der Waals surface area contributed by atoms with E-state index < -0.39 is 0 Å². The Morgan fingerprint density at radius 1 is 0.696 bits per heavy atom. The Morgan fingerprint density at radius 3 is 1.65 bits per heavy atom. The first-order valence-electron chi connectivity index (χ1n) is 7.78. The molecule has 0 radical (unpaired) electrons. The van der Waals surface area contributed by atoms with E-state index in [0.717, 1.165) is 5.56 Å². The van der Waals surface area contributed by atoms with Crippen molar-refractivity contribution in [1.29, 1.82) is 0 Å². The highest BCUT2D eigenvalue weighted by atomic mass is 16.3. The summed E-state index contributed by atoms with van der Waals surface area (Å²) in [7, 11) is 0. The molecule has 0 aliphatic rings. The Bertz CT molecular complexity index is 732. The zero-order valence-electron chi connectivity index (χ0n) is 13.2. The number of aromatic hydroxyl groups is 1. The van der Waals surface area contributed by atoms with Crippen LogP contribution in [0.1, 0.15) is 23.6 Å². The van der Waals surface area contributed by atoms with Crippen LogP contribution in [0.15, 0.2) is 91.0 Å². The highest BCUT2D eigenvalue weighted by molar-refractivity contribution is 5.56. The van der Waals surface area contributed by atoms with E-state index in [1.165, 1.54) is 11.1 Å². The summed E-state index contributed by atoms with van der Waals surface area (Å²) in [5.41, 5.74) is 3.36. The Hall–Kier alpha value is -2.80. The molecular weight excluding hydrogens is 280 g/mol. The molecule has 0 bridgehead atoms. The molecule has 0 heterocycles. The van der Waals surface area contributed by atoms with Crippen LogP contribution in [-0.4, -0.2) is 5.11 Å². The minimum atomic E-state index is -0.208. The molecule has 0 spiro atoms. The van der Waals surface area contributed by atoms with Crippen molar-refractivity contribution < 1.29 is 5.11 Å². The predicted octanol–water partition coefficient (Wildman–Crippen LogP) is 5.41. The minimum Gasteiger partial charge on any atom is -0.508 e. The van der Waals surface area contributed by atoms with E-state index in [0.29, 0.717) is 0 Å². The van der Waals surface area contributed by atoms with Gasteiger partial charge in [-0.15, -0.1) is 0 Å². The van der Waals surface area contributed by atoms with E-state index in [9.17, 15) is 5.11 Å². The summed E-state index contributed by atoms with van der Waals surface area (Å²) in [5, 5.41) is 9.42. The molecule has 0 aliphatic heterocycles. The summed E-state index contributed by atoms with van der Waals surface area (Å²) in [6, 6.07) is 28.3. The van der Waals surface area contributed by atoms with Crippen LogP contribution in [0.25, 0.3) is 6.08 Å². The molecule has 1 heteroatoms. The number of phenolic OH excluding ortho intramolecular Hbond substituents is 1. The molecule has 114 valence electrons. The monoisotopic (exact) mass is 300 g/mol. The zero-order chi connectivity index (χ0) is 16.1. The van der Waals surface area contributed by atoms with Gasteiger partial charge in [0.05, 0.1) is 0 Å². The number of rotatable bonds is 4. The van der Waals surface area contributed by atoms with Gasteiger partial charge in [0.25, 0.3) is 0 Å². The third kappa shape index (κ3) is 3.35. The number of allylic oxidation sites excluding steroid dienone is 1. The smallest absolute Gasteiger partial charge is 0.115 e. The second-order valence-corrected chi connectivity index (χ2v) is 5.86. The lowest BCUT2D eigenvalue weighted by Gasteiger charge is -2.27. The molecule has 3 aromatic carbocycles. The Balaban J connectivity index is 2.04. The number of hydrogen-bond acceptors (Lipinski definition) is 1. The molecule has 0 fully saturated rings. The first-order valence-corrected chi connectivity index (χ1v) is 7.78. The van der Waals surface area contributed by atoms with Gasteiger partial charge >= 0.3 is 0 Å². The highest BCUT2D eigenvalue weighted by Crippen LogP contribution is 2.34. The van der Waals surface area contributed by atoms with Gasteiger partial charge in [0.1, 0.15) is 5.75 Å². The van der Waals surface area contributed by atoms with Gasteiger partial charge in [-0.3, -0.25) is 0 Å². The van der Waals surface area contributed by atoms with Gasteiger partial charge in [-0.2, -0.15) is 0 Å². The van der Waals surface area contributed by atoms with Gasteiger partial charge in [-0.05, 0) is 35.7 Å². The summed E-state index contributed by atoms with van der Waals surface area (Å²) in [6.07, 6.45) is 4.34. The summed E-state index contributed by atoms with van der Waals surface area (Å²) in [4.78, 5) is 0. The highest BCUT2D eigenvalue weighted by Gasteiger charge is 2.25. The molecule has 0 atom stereocenters. The molecule has 3 rings (SSSR count). The predicted molar refractivity (Wildman–Crippen MR) is 96.5 cm³/mol. The largest absolute Gasteiger partial charge is 0.508 e. The summed E-state index contributed by atoms with van der Waals surface area (Å²) < 4.78 is 0. The minimum absolute atomic E-state index is 0.208. The van der Waals surface area contributed by atoms with E-state index in [2.05, 4.69) is 67.6 Å². The first-order chi connectivity index (χ1) is 11.2. The van der Waals surface area contributed by atoms with Crippen molar-refractivity contribution in [3.8, 4) is 5.75 Å². The van der Waals surface area contributed by atoms with Gasteiger partial charge in [-0.1, -0.05) is 84.9 Å². The van der Waals surface area contributed by atoms with Gasteiger partial charge in [-0.25, -0.2) is 0 Å². The number of hydrogen-bond donors (Lipinski definition) is 1. The van der Waals surface area contributed by atoms with Crippen molar-refractivity contribution >= 4 is 6.08 Å². The maximum Gasteiger partial charge on any atom is 0.115 e. The Kier molecular flexibility index (Phi) is 4.29. The van der Waals surface area contributed by atoms with E-state index in [1.807, 2.05) is 24.3 Å². The molecule has 3 aromatic rings. The molecular formula is C22H20O. The molecule has 0 unspecified atom stereocenters. The molecule has 0 aromatic heterocycles. The van der Waals surface area contributed by atoms with Crippen molar-refractivity contribution in [2.45, 2.75) is 12.3 Å². The molecule has 0 amide bonds. The fraction of sp³-hybridized carbons (Fsp3) is 0.0909. The van der Waals surface area contributed by atoms with Crippen molar-refractivity contribution in [3.05, 3.63) is 108 Å². The lowest BCUT2D eigenvalue weighted by molar-refractivity contribution is 0.475. The first kappa shape index (κ1) is 15.1. The van der Waals surface area contributed by atoms with Crippen LogP contribution in [0.5, 0.6) is 5.75 Å². The maximum absolute atomic E-state index is 9.42. The molecule has 1 N–H and O–H groups in total. The van der Waals surface area contributed by atoms with Crippen LogP contribution in [0.3, 0.4) is 0 Å². The summed E-state index contributed by atoms with van der Waals surface area (Å²) in [5.74, 6) is 0.288. The molecule has 0 aliphatic carbocycles. The maximum atomic E-state index is 9.42. The molecule has 0 saturated heterocycles. The van der Waals surface area contributed by atoms with Crippen LogP contribution in [0.4, 0.5) is 0 Å². The fourth-order valence-electron chi connectivity index (χ4n) is 2.78. The number of phenols is 1. The quantitative estimate of drug-likeness (QED) is 0.683. The van der Waals surface area contributed by atoms with E-state index >= 15 is 0 Å². The zero-order valence-corrected chi connectivity index (χ0v) is 13.2. The van der Waals surface area contributed by atoms with Crippen LogP contribution in [0.2, 0.25) is 0 Å². The Morgan fingerprint density at radius 2 is 1.17 bits per heavy atom. The van der Waals surface area contributed by atoms with Gasteiger partial charge in [0, 0.05) is 5.41 Å². The average molecular weight is 300 g/mol. The van der Waals surface area contributed by atoms with E-state index in [-0.39, 0.29) is 11.2 Å². The van der Waals surface area contributed by atoms with Crippen molar-refractivity contribution in [2.75, 3.05) is 0 Å². The van der Waals surface area contributed by atoms with Crippen molar-refractivity contribution in [1.82, 2.24) is 0 Å². The van der Waals surface area contributed by atoms with Gasteiger partial charge < -0.3 is 5.11 Å². The molecule has 23 heavy (non-hydrogen) atoms. The third-order valence-corrected chi connectivity index (χ3v) is 4.25. The standard InChI is InChI=1S/C22H20O/c1-22(19-8-4-2-5-9-19,20-10-6-3-7-11-20)17-16-18-12-14-21(23)15-13-18/h2-17,23H,1H3. The Labute approximate surface area is 137 Å². The SMILES string of the molecule is CC(C=Cc1ccc(O)cc1)(c1ccccc1)c1ccccc1. The molecule has 0 saturated carbocycles. The summed E-state index contributed by atoms with van der Waals surface area (Å²) >= 11 is 0. The van der Waals surface area contributed by atoms with Crippen LogP contribution in [-0.2, 0) is 5.41 Å². The van der Waals surface area contributed by atoms with E-state index in [1.54, 1.807) is 12.1 Å². The lowest BCUT2D eigenvalue weighted by atomic mass is 9.76. The second-order valence-electron chi connectivity index (χ2n) is 5.86. The van der Waals surface area contributed by atoms with Crippen LogP contribution >= 0.6 is 0 Å². The average Bonchev–Trinajstić information content (AvgIpc) is 2.62. The van der Waals surface area contributed by atoms with Crippen LogP contribution < -0.4 is 0 Å².